The maximum absolute atomic E-state index is 13.2. The number of anilines is 1. The van der Waals surface area contributed by atoms with Crippen molar-refractivity contribution in [2.24, 2.45) is 0 Å². The molecule has 0 radical (unpaired) electrons. The zero-order valence-electron chi connectivity index (χ0n) is 18.3. The van der Waals surface area contributed by atoms with Crippen LogP contribution in [0.2, 0.25) is 0 Å². The van der Waals surface area contributed by atoms with Crippen LogP contribution in [0.15, 0.2) is 61.2 Å². The number of fused-ring (bicyclic) bond motifs is 1. The summed E-state index contributed by atoms with van der Waals surface area (Å²) in [6, 6.07) is 10.2. The highest BCUT2D eigenvalue weighted by atomic mass is 32.1. The fourth-order valence-electron chi connectivity index (χ4n) is 3.42. The number of nitro benzene ring substituents is 1. The summed E-state index contributed by atoms with van der Waals surface area (Å²) in [4.78, 5) is 34.1. The molecule has 0 bridgehead atoms. The van der Waals surface area contributed by atoms with Crippen molar-refractivity contribution in [1.82, 2.24) is 14.5 Å². The van der Waals surface area contributed by atoms with Crippen molar-refractivity contribution in [2.45, 2.75) is 26.8 Å². The van der Waals surface area contributed by atoms with Crippen molar-refractivity contribution >= 4 is 44.4 Å². The molecule has 33 heavy (non-hydrogen) atoms. The minimum Gasteiger partial charge on any atom is -0.337 e. The van der Waals surface area contributed by atoms with Crippen LogP contribution in [-0.4, -0.2) is 31.9 Å². The Morgan fingerprint density at radius 1 is 1.21 bits per heavy atom. The summed E-state index contributed by atoms with van der Waals surface area (Å²) in [5.41, 5.74) is 3.92. The predicted molar refractivity (Wildman–Crippen MR) is 130 cm³/mol. The van der Waals surface area contributed by atoms with Gasteiger partial charge in [-0.3, -0.25) is 19.8 Å². The third-order valence-electron chi connectivity index (χ3n) is 5.45. The van der Waals surface area contributed by atoms with Gasteiger partial charge in [-0.15, -0.1) is 0 Å². The van der Waals surface area contributed by atoms with E-state index < -0.39 is 4.92 Å². The average molecular weight is 462 g/mol. The van der Waals surface area contributed by atoms with Gasteiger partial charge in [-0.2, -0.15) is 0 Å². The monoisotopic (exact) mass is 461 g/mol. The molecular weight excluding hydrogens is 438 g/mol. The molecule has 1 amide bonds. The number of thiazole rings is 1. The lowest BCUT2D eigenvalue weighted by atomic mass is 10.1. The van der Waals surface area contributed by atoms with Crippen molar-refractivity contribution in [3.63, 3.8) is 0 Å². The van der Waals surface area contributed by atoms with Gasteiger partial charge in [0.05, 0.1) is 21.5 Å². The molecule has 0 unspecified atom stereocenters. The van der Waals surface area contributed by atoms with Gasteiger partial charge < -0.3 is 4.57 Å². The maximum Gasteiger partial charge on any atom is 0.269 e. The second-order valence-corrected chi connectivity index (χ2v) is 8.69. The van der Waals surface area contributed by atoms with E-state index in [4.69, 9.17) is 4.98 Å². The number of rotatable bonds is 8. The molecule has 168 valence electrons. The number of nitrogens with zero attached hydrogens (tertiary/aromatic N) is 5. The summed E-state index contributed by atoms with van der Waals surface area (Å²) in [7, 11) is 0. The Morgan fingerprint density at radius 2 is 2.00 bits per heavy atom. The molecule has 0 aliphatic carbocycles. The van der Waals surface area contributed by atoms with Gasteiger partial charge in [-0.05, 0) is 61.2 Å². The summed E-state index contributed by atoms with van der Waals surface area (Å²) in [6.07, 6.45) is 9.27. The Kier molecular flexibility index (Phi) is 6.60. The van der Waals surface area contributed by atoms with Crippen LogP contribution >= 0.6 is 11.3 Å². The third-order valence-corrected chi connectivity index (χ3v) is 6.49. The van der Waals surface area contributed by atoms with E-state index in [0.29, 0.717) is 17.2 Å². The molecule has 0 N–H and O–H groups in total. The number of non-ortho nitro benzene ring substituents is 1. The van der Waals surface area contributed by atoms with Gasteiger partial charge in [0, 0.05) is 43.7 Å². The Labute approximate surface area is 195 Å². The standard InChI is InChI=1S/C24H23N5O3S/c1-17-4-10-21-23(18(17)2)26-24(33-21)28(14-3-13-27-15-12-25-16-27)22(30)11-7-19-5-8-20(9-6-19)29(31)32/h4-12,15-16H,3,13-14H2,1-2H3/b11-7+. The summed E-state index contributed by atoms with van der Waals surface area (Å²) in [6.45, 7) is 5.33. The minimum absolute atomic E-state index is 0.0137. The molecule has 0 aliphatic rings. The Balaban J connectivity index is 1.58. The minimum atomic E-state index is -0.447. The summed E-state index contributed by atoms with van der Waals surface area (Å²) in [5, 5.41) is 11.5. The van der Waals surface area contributed by atoms with Crippen LogP contribution in [0.1, 0.15) is 23.1 Å². The molecule has 2 aromatic heterocycles. The number of nitro groups is 1. The molecule has 4 aromatic rings. The number of hydrogen-bond donors (Lipinski definition) is 0. The molecule has 8 nitrogen and oxygen atoms in total. The molecule has 0 saturated heterocycles. The van der Waals surface area contributed by atoms with Gasteiger partial charge in [0.25, 0.3) is 11.6 Å². The summed E-state index contributed by atoms with van der Waals surface area (Å²) in [5.74, 6) is -0.188. The highest BCUT2D eigenvalue weighted by Crippen LogP contribution is 2.32. The third kappa shape index (κ3) is 5.15. The molecule has 0 atom stereocenters. The molecule has 0 saturated carbocycles. The lowest BCUT2D eigenvalue weighted by Crippen LogP contribution is -2.30. The van der Waals surface area contributed by atoms with Crippen LogP contribution in [0.25, 0.3) is 16.3 Å². The van der Waals surface area contributed by atoms with E-state index in [1.54, 1.807) is 35.6 Å². The first-order chi connectivity index (χ1) is 15.9. The van der Waals surface area contributed by atoms with Gasteiger partial charge in [0.15, 0.2) is 5.13 Å². The zero-order valence-corrected chi connectivity index (χ0v) is 19.2. The van der Waals surface area contributed by atoms with Crippen molar-refractivity contribution in [3.05, 3.63) is 88.0 Å². The predicted octanol–water partition coefficient (Wildman–Crippen LogP) is 5.15. The lowest BCUT2D eigenvalue weighted by molar-refractivity contribution is -0.384. The average Bonchev–Trinajstić information content (AvgIpc) is 3.48. The molecule has 2 aromatic carbocycles. The first kappa shape index (κ1) is 22.3. The van der Waals surface area contributed by atoms with Crippen LogP contribution in [0, 0.1) is 24.0 Å². The smallest absolute Gasteiger partial charge is 0.269 e. The van der Waals surface area contributed by atoms with E-state index in [1.807, 2.05) is 23.8 Å². The van der Waals surface area contributed by atoms with Crippen LogP contribution in [0.3, 0.4) is 0 Å². The van der Waals surface area contributed by atoms with Crippen LogP contribution in [0.5, 0.6) is 0 Å². The largest absolute Gasteiger partial charge is 0.337 e. The number of carbonyl (C=O) groups is 1. The Bertz CT molecular complexity index is 1310. The number of aromatic nitrogens is 3. The molecule has 0 spiro atoms. The van der Waals surface area contributed by atoms with Gasteiger partial charge >= 0.3 is 0 Å². The quantitative estimate of drug-likeness (QED) is 0.205. The van der Waals surface area contributed by atoms with Crippen LogP contribution < -0.4 is 4.90 Å². The molecular formula is C24H23N5O3S. The van der Waals surface area contributed by atoms with Crippen molar-refractivity contribution in [1.29, 1.82) is 0 Å². The van der Waals surface area contributed by atoms with Gasteiger partial charge in [0.1, 0.15) is 0 Å². The number of hydrogen-bond acceptors (Lipinski definition) is 6. The number of aryl methyl sites for hydroxylation is 3. The first-order valence-corrected chi connectivity index (χ1v) is 11.3. The normalized spacial score (nSPS) is 11.3. The highest BCUT2D eigenvalue weighted by molar-refractivity contribution is 7.22. The van der Waals surface area contributed by atoms with E-state index >= 15 is 0 Å². The SMILES string of the molecule is Cc1ccc2sc(N(CCCn3ccnc3)C(=O)/C=C/c3ccc([N+](=O)[O-])cc3)nc2c1C. The topological polar surface area (TPSA) is 94.2 Å². The fourth-order valence-corrected chi connectivity index (χ4v) is 4.48. The van der Waals surface area contributed by atoms with Gasteiger partial charge in [0.2, 0.25) is 0 Å². The number of benzene rings is 2. The molecule has 0 aliphatic heterocycles. The molecule has 9 heteroatoms. The second kappa shape index (κ2) is 9.74. The van der Waals surface area contributed by atoms with E-state index in [-0.39, 0.29) is 11.6 Å². The fraction of sp³-hybridized carbons (Fsp3) is 0.208. The second-order valence-electron chi connectivity index (χ2n) is 7.68. The van der Waals surface area contributed by atoms with Gasteiger partial charge in [-0.25, -0.2) is 9.97 Å². The maximum atomic E-state index is 13.2. The molecule has 4 rings (SSSR count). The van der Waals surface area contributed by atoms with Gasteiger partial charge in [-0.1, -0.05) is 17.4 Å². The van der Waals surface area contributed by atoms with E-state index in [9.17, 15) is 14.9 Å². The van der Waals surface area contributed by atoms with E-state index in [1.165, 1.54) is 29.5 Å². The van der Waals surface area contributed by atoms with E-state index in [0.717, 1.165) is 34.3 Å². The lowest BCUT2D eigenvalue weighted by Gasteiger charge is -2.18. The van der Waals surface area contributed by atoms with Crippen molar-refractivity contribution in [3.8, 4) is 0 Å². The molecule has 0 fully saturated rings. The highest BCUT2D eigenvalue weighted by Gasteiger charge is 2.19. The Morgan fingerprint density at radius 3 is 2.70 bits per heavy atom. The summed E-state index contributed by atoms with van der Waals surface area (Å²) >= 11 is 1.50. The van der Waals surface area contributed by atoms with Crippen molar-refractivity contribution in [2.75, 3.05) is 11.4 Å². The first-order valence-electron chi connectivity index (χ1n) is 10.5. The summed E-state index contributed by atoms with van der Waals surface area (Å²) < 4.78 is 3.01. The number of amides is 1. The van der Waals surface area contributed by atoms with Crippen molar-refractivity contribution < 1.29 is 9.72 Å². The molecule has 2 heterocycles. The Hall–Kier alpha value is -3.85. The zero-order chi connectivity index (χ0) is 23.4. The number of carbonyl (C=O) groups excluding carboxylic acids is 1. The van der Waals surface area contributed by atoms with E-state index in [2.05, 4.69) is 18.0 Å². The number of imidazole rings is 1. The van der Waals surface area contributed by atoms with Crippen LogP contribution in [0.4, 0.5) is 10.8 Å². The van der Waals surface area contributed by atoms with Crippen LogP contribution in [-0.2, 0) is 11.3 Å².